The number of nitrogens with zero attached hydrogens (tertiary/aromatic N) is 2. The molecule has 0 spiro atoms. The van der Waals surface area contributed by atoms with Crippen LogP contribution >= 0.6 is 23.2 Å². The molecule has 2 heterocycles. The lowest BCUT2D eigenvalue weighted by atomic mass is 10.0. The number of fused-ring (bicyclic) bond motifs is 1. The van der Waals surface area contributed by atoms with Crippen LogP contribution in [0.5, 0.6) is 5.75 Å². The minimum absolute atomic E-state index is 0.155. The summed E-state index contributed by atoms with van der Waals surface area (Å²) in [4.78, 5) is 0.395. The summed E-state index contributed by atoms with van der Waals surface area (Å²) in [6, 6.07) is 12.8. The number of hydrogen-bond donors (Lipinski definition) is 1. The number of aryl methyl sites for hydroxylation is 1. The Morgan fingerprint density at radius 1 is 1.07 bits per heavy atom. The summed E-state index contributed by atoms with van der Waals surface area (Å²) >= 11 is 12.4. The second-order valence-electron chi connectivity index (χ2n) is 7.11. The number of quaternary nitrogens is 1. The van der Waals surface area contributed by atoms with Gasteiger partial charge in [-0.1, -0.05) is 35.3 Å². The lowest BCUT2D eigenvalue weighted by molar-refractivity contribution is -0.527. The van der Waals surface area contributed by atoms with Crippen molar-refractivity contribution in [1.29, 1.82) is 0 Å². The van der Waals surface area contributed by atoms with Crippen molar-refractivity contribution in [3.8, 4) is 5.75 Å². The molecule has 0 amide bonds. The number of rotatable bonds is 4. The Hall–Kier alpha value is -2.32. The second-order valence-corrected chi connectivity index (χ2v) is 9.84. The van der Waals surface area contributed by atoms with Gasteiger partial charge in [-0.3, -0.25) is 5.32 Å². The van der Waals surface area contributed by atoms with Crippen molar-refractivity contribution in [3.05, 3.63) is 80.4 Å². The van der Waals surface area contributed by atoms with Gasteiger partial charge in [0, 0.05) is 13.0 Å². The second kappa shape index (κ2) is 7.74. The molecule has 0 radical (unpaired) electrons. The van der Waals surface area contributed by atoms with Gasteiger partial charge in [-0.2, -0.15) is 5.10 Å². The fraction of sp³-hybridized carbons (Fsp3) is 0.190. The highest BCUT2D eigenvalue weighted by Gasteiger charge is 2.40. The van der Waals surface area contributed by atoms with Gasteiger partial charge in [0.15, 0.2) is 0 Å². The first-order chi connectivity index (χ1) is 14.2. The molecule has 2 aromatic carbocycles. The predicted octanol–water partition coefficient (Wildman–Crippen LogP) is 4.01. The molecule has 0 bridgehead atoms. The van der Waals surface area contributed by atoms with Gasteiger partial charge in [0.25, 0.3) is 0 Å². The van der Waals surface area contributed by atoms with Gasteiger partial charge in [0.1, 0.15) is 22.4 Å². The lowest BCUT2D eigenvalue weighted by Gasteiger charge is -2.27. The number of halogens is 2. The molecule has 156 valence electrons. The van der Waals surface area contributed by atoms with Crippen molar-refractivity contribution in [2.45, 2.75) is 24.8 Å². The summed E-state index contributed by atoms with van der Waals surface area (Å²) in [6.07, 6.45) is 0. The molecular weight excluding hydrogens is 445 g/mol. The van der Waals surface area contributed by atoms with Crippen molar-refractivity contribution in [2.24, 2.45) is 0 Å². The molecule has 30 heavy (non-hydrogen) atoms. The Balaban J connectivity index is 1.96. The minimum atomic E-state index is -3.87. The molecule has 0 aliphatic carbocycles. The number of aromatic nitrogens is 2. The summed E-state index contributed by atoms with van der Waals surface area (Å²) in [5.74, 6) is 1.29. The molecule has 2 N–H and O–H groups in total. The molecular formula is C21H20Cl2N3O3S+. The van der Waals surface area contributed by atoms with Gasteiger partial charge in [0.05, 0.1) is 27.7 Å². The summed E-state index contributed by atoms with van der Waals surface area (Å²) < 4.78 is 34.5. The summed E-state index contributed by atoms with van der Waals surface area (Å²) in [5, 5.41) is 7.16. The first kappa shape index (κ1) is 20.9. The van der Waals surface area contributed by atoms with E-state index in [4.69, 9.17) is 27.9 Å². The molecule has 0 fully saturated rings. The number of ether oxygens (including phenoxy) is 1. The average Bonchev–Trinajstić information content (AvgIpc) is 3.08. The largest absolute Gasteiger partial charge is 0.497 e. The van der Waals surface area contributed by atoms with E-state index in [9.17, 15) is 8.42 Å². The number of hydrogen-bond acceptors (Lipinski definition) is 4. The number of sulfone groups is 1. The van der Waals surface area contributed by atoms with Crippen LogP contribution in [0.25, 0.3) is 0 Å². The number of benzene rings is 2. The van der Waals surface area contributed by atoms with E-state index in [-0.39, 0.29) is 9.80 Å². The third kappa shape index (κ3) is 3.52. The molecule has 1 aliphatic heterocycles. The van der Waals surface area contributed by atoms with Gasteiger partial charge in [-0.25, -0.2) is 13.1 Å². The van der Waals surface area contributed by atoms with Crippen LogP contribution in [0.3, 0.4) is 0 Å². The zero-order valence-corrected chi connectivity index (χ0v) is 18.9. The van der Waals surface area contributed by atoms with Gasteiger partial charge >= 0.3 is 0 Å². The Labute approximate surface area is 185 Å². The van der Waals surface area contributed by atoms with Crippen LogP contribution in [0.2, 0.25) is 10.0 Å². The van der Waals surface area contributed by atoms with Gasteiger partial charge in [-0.05, 0) is 42.8 Å². The third-order valence-corrected chi connectivity index (χ3v) is 7.77. The molecule has 1 aliphatic rings. The molecule has 9 heteroatoms. The van der Waals surface area contributed by atoms with Gasteiger partial charge in [0.2, 0.25) is 15.7 Å². The summed E-state index contributed by atoms with van der Waals surface area (Å²) in [7, 11) is -2.36. The fourth-order valence-corrected chi connectivity index (χ4v) is 5.80. The smallest absolute Gasteiger partial charge is 0.228 e. The van der Waals surface area contributed by atoms with E-state index in [0.29, 0.717) is 27.1 Å². The van der Waals surface area contributed by atoms with Crippen LogP contribution in [-0.2, 0) is 9.84 Å². The van der Waals surface area contributed by atoms with Crippen LogP contribution in [0, 0.1) is 6.92 Å². The Morgan fingerprint density at radius 3 is 2.53 bits per heavy atom. The molecule has 4 rings (SSSR count). The number of nitrogens with two attached hydrogens (primary N) is 1. The van der Waals surface area contributed by atoms with Crippen molar-refractivity contribution in [3.63, 3.8) is 0 Å². The molecule has 1 atom stereocenters. The fourth-order valence-electron chi connectivity index (χ4n) is 3.70. The Bertz CT molecular complexity index is 1280. The standard InChI is InChI=1S/C21H19Cl2N3O3S/c1-12-9-19-24-13(2)21(30(27,28)16-6-4-5-15(11-16)29-3)20(26(19)25-12)14-7-8-17(22)18(23)10-14/h4-11,20,24H,1-3H3/p+1. The van der Waals surface area contributed by atoms with Gasteiger partial charge in [-0.15, -0.1) is 0 Å². The van der Waals surface area contributed by atoms with E-state index in [1.54, 1.807) is 48.0 Å². The molecule has 0 saturated carbocycles. The van der Waals surface area contributed by atoms with Crippen LogP contribution in [-0.4, -0.2) is 25.3 Å². The van der Waals surface area contributed by atoms with E-state index in [1.807, 2.05) is 18.3 Å². The molecule has 3 aromatic rings. The molecule has 1 aromatic heterocycles. The van der Waals surface area contributed by atoms with Crippen molar-refractivity contribution in [1.82, 2.24) is 9.78 Å². The maximum absolute atomic E-state index is 13.8. The zero-order valence-electron chi connectivity index (χ0n) is 16.6. The highest BCUT2D eigenvalue weighted by molar-refractivity contribution is 7.95. The number of allylic oxidation sites excluding steroid dienone is 2. The summed E-state index contributed by atoms with van der Waals surface area (Å²) in [5.41, 5.74) is 2.11. The van der Waals surface area contributed by atoms with Crippen LogP contribution in [0.1, 0.15) is 24.2 Å². The van der Waals surface area contributed by atoms with Crippen LogP contribution in [0.15, 0.2) is 64.0 Å². The Kier molecular flexibility index (Phi) is 5.40. The lowest BCUT2D eigenvalue weighted by Crippen LogP contribution is -2.78. The first-order valence-corrected chi connectivity index (χ1v) is 11.4. The van der Waals surface area contributed by atoms with E-state index in [2.05, 4.69) is 5.10 Å². The molecule has 0 saturated heterocycles. The van der Waals surface area contributed by atoms with Crippen LogP contribution < -0.4 is 10.1 Å². The molecule has 6 nitrogen and oxygen atoms in total. The van der Waals surface area contributed by atoms with E-state index >= 15 is 0 Å². The minimum Gasteiger partial charge on any atom is -0.497 e. The van der Waals surface area contributed by atoms with E-state index in [1.165, 1.54) is 13.2 Å². The predicted molar refractivity (Wildman–Crippen MR) is 116 cm³/mol. The normalized spacial score (nSPS) is 16.5. The van der Waals surface area contributed by atoms with E-state index in [0.717, 1.165) is 11.5 Å². The van der Waals surface area contributed by atoms with E-state index < -0.39 is 15.9 Å². The maximum Gasteiger partial charge on any atom is 0.228 e. The number of methoxy groups -OCH3 is 1. The average molecular weight is 465 g/mol. The highest BCUT2D eigenvalue weighted by Crippen LogP contribution is 2.40. The molecule has 1 unspecified atom stereocenters. The van der Waals surface area contributed by atoms with Crippen molar-refractivity contribution >= 4 is 38.9 Å². The van der Waals surface area contributed by atoms with Crippen molar-refractivity contribution < 1.29 is 18.5 Å². The zero-order chi connectivity index (χ0) is 21.6. The van der Waals surface area contributed by atoms with Gasteiger partial charge < -0.3 is 4.74 Å². The maximum atomic E-state index is 13.8. The SMILES string of the molecule is COc1cccc(S(=O)(=O)C2=C(C)[NH2+]c3cc(C)nn3C2c2ccc(Cl)c(Cl)c2)c1. The quantitative estimate of drug-likeness (QED) is 0.632. The Morgan fingerprint density at radius 2 is 1.83 bits per heavy atom. The van der Waals surface area contributed by atoms with Crippen LogP contribution in [0.4, 0.5) is 5.82 Å². The first-order valence-electron chi connectivity index (χ1n) is 9.18. The topological polar surface area (TPSA) is 77.8 Å². The third-order valence-electron chi connectivity index (χ3n) is 5.03. The highest BCUT2D eigenvalue weighted by atomic mass is 35.5. The van der Waals surface area contributed by atoms with Crippen molar-refractivity contribution in [2.75, 3.05) is 7.11 Å². The monoisotopic (exact) mass is 464 g/mol. The summed E-state index contributed by atoms with van der Waals surface area (Å²) in [6.45, 7) is 3.67.